The molecule has 0 saturated heterocycles. The van der Waals surface area contributed by atoms with E-state index in [-0.39, 0.29) is 15.5 Å². The number of hydrogen-bond donors (Lipinski definition) is 0. The Morgan fingerprint density at radius 2 is 2.18 bits per heavy atom. The van der Waals surface area contributed by atoms with Crippen LogP contribution in [0.4, 0.5) is 0 Å². The molecule has 2 rings (SSSR count). The van der Waals surface area contributed by atoms with Gasteiger partial charge >= 0.3 is 0 Å². The molecule has 2 aromatic heterocycles. The summed E-state index contributed by atoms with van der Waals surface area (Å²) < 4.78 is 0. The Labute approximate surface area is 117 Å². The van der Waals surface area contributed by atoms with E-state index in [0.717, 1.165) is 5.69 Å². The maximum atomic E-state index is 8.95. The quantitative estimate of drug-likeness (QED) is 0.579. The average Bonchev–Trinajstić information content (AvgIpc) is 2.29. The number of alkyl halides is 1. The fourth-order valence-electron chi connectivity index (χ4n) is 1.43. The summed E-state index contributed by atoms with van der Waals surface area (Å²) in [5, 5.41) is 10.1. The lowest BCUT2D eigenvalue weighted by Crippen LogP contribution is -1.94. The zero-order valence-electron chi connectivity index (χ0n) is 8.71. The smallest absolute Gasteiger partial charge is 0.149 e. The highest BCUT2D eigenvalue weighted by atomic mass is 79.9. The fourth-order valence-corrected chi connectivity index (χ4v) is 2.24. The van der Waals surface area contributed by atoms with Crippen LogP contribution in [0.25, 0.3) is 10.9 Å². The third kappa shape index (κ3) is 2.23. The Balaban J connectivity index is 2.81. The maximum absolute atomic E-state index is 8.95. The first-order chi connectivity index (χ1) is 8.04. The lowest BCUT2D eigenvalue weighted by atomic mass is 10.1. The van der Waals surface area contributed by atoms with Gasteiger partial charge in [-0.2, -0.15) is 5.26 Å². The number of nitrogens with zero attached hydrogens (tertiary/aromatic N) is 3. The topological polar surface area (TPSA) is 49.6 Å². The summed E-state index contributed by atoms with van der Waals surface area (Å²) in [6.07, 6.45) is 1.60. The molecule has 0 N–H and O–H groups in total. The van der Waals surface area contributed by atoms with Crippen molar-refractivity contribution in [2.45, 2.75) is 11.8 Å². The molecule has 1 atom stereocenters. The highest BCUT2D eigenvalue weighted by Crippen LogP contribution is 2.32. The summed E-state index contributed by atoms with van der Waals surface area (Å²) >= 11 is 15.4. The summed E-state index contributed by atoms with van der Waals surface area (Å²) in [4.78, 5) is 8.42. The first-order valence-electron chi connectivity index (χ1n) is 4.73. The van der Waals surface area contributed by atoms with Gasteiger partial charge in [0.05, 0.1) is 27.3 Å². The molecule has 0 spiro atoms. The van der Waals surface area contributed by atoms with E-state index in [0.29, 0.717) is 15.9 Å². The van der Waals surface area contributed by atoms with E-state index < -0.39 is 0 Å². The van der Waals surface area contributed by atoms with Crippen LogP contribution in [0.3, 0.4) is 0 Å². The molecule has 0 aliphatic heterocycles. The highest BCUT2D eigenvalue weighted by molar-refractivity contribution is 9.09. The van der Waals surface area contributed by atoms with Crippen LogP contribution >= 0.6 is 39.1 Å². The van der Waals surface area contributed by atoms with Crippen LogP contribution in [0.1, 0.15) is 23.0 Å². The first kappa shape index (κ1) is 12.6. The monoisotopic (exact) mass is 329 g/mol. The summed E-state index contributed by atoms with van der Waals surface area (Å²) in [6.45, 7) is 1.95. The van der Waals surface area contributed by atoms with E-state index in [9.17, 15) is 0 Å². The number of halogens is 3. The number of aromatic nitrogens is 2. The van der Waals surface area contributed by atoms with Gasteiger partial charge in [0.15, 0.2) is 0 Å². The molecule has 0 amide bonds. The van der Waals surface area contributed by atoms with Crippen LogP contribution in [0.2, 0.25) is 10.2 Å². The van der Waals surface area contributed by atoms with Gasteiger partial charge in [-0.05, 0) is 13.0 Å². The molecule has 0 bridgehead atoms. The third-order valence-corrected chi connectivity index (χ3v) is 3.44. The normalized spacial score (nSPS) is 12.4. The van der Waals surface area contributed by atoms with Crippen molar-refractivity contribution in [3.8, 4) is 6.07 Å². The van der Waals surface area contributed by atoms with Crippen molar-refractivity contribution in [3.05, 3.63) is 33.7 Å². The van der Waals surface area contributed by atoms with Gasteiger partial charge in [0.25, 0.3) is 0 Å². The van der Waals surface area contributed by atoms with Gasteiger partial charge in [-0.3, -0.25) is 4.98 Å². The SMILES string of the molecule is CC(Br)c1cc2c(Cl)c(C#N)c(Cl)nc2cn1. The van der Waals surface area contributed by atoms with Gasteiger partial charge in [-0.1, -0.05) is 39.1 Å². The van der Waals surface area contributed by atoms with E-state index in [1.807, 2.05) is 13.0 Å². The molecule has 86 valence electrons. The van der Waals surface area contributed by atoms with Gasteiger partial charge in [-0.15, -0.1) is 0 Å². The van der Waals surface area contributed by atoms with E-state index in [2.05, 4.69) is 25.9 Å². The molecule has 3 nitrogen and oxygen atoms in total. The summed E-state index contributed by atoms with van der Waals surface area (Å²) in [5.74, 6) is 0. The van der Waals surface area contributed by atoms with Crippen molar-refractivity contribution >= 4 is 50.0 Å². The molecule has 0 saturated carbocycles. The van der Waals surface area contributed by atoms with E-state index in [1.54, 1.807) is 12.3 Å². The summed E-state index contributed by atoms with van der Waals surface area (Å²) in [7, 11) is 0. The standard InChI is InChI=1S/C11H6BrCl2N3/c1-5(12)8-2-6-9(4-16-8)17-11(14)7(3-15)10(6)13/h2,4-5H,1H3. The maximum Gasteiger partial charge on any atom is 0.149 e. The largest absolute Gasteiger partial charge is 0.258 e. The number of rotatable bonds is 1. The molecule has 0 aliphatic carbocycles. The van der Waals surface area contributed by atoms with Crippen LogP contribution < -0.4 is 0 Å². The van der Waals surface area contributed by atoms with Crippen molar-refractivity contribution < 1.29 is 0 Å². The zero-order valence-corrected chi connectivity index (χ0v) is 11.8. The predicted molar refractivity (Wildman–Crippen MR) is 71.6 cm³/mol. The van der Waals surface area contributed by atoms with Gasteiger partial charge in [0.1, 0.15) is 16.8 Å². The highest BCUT2D eigenvalue weighted by Gasteiger charge is 2.14. The van der Waals surface area contributed by atoms with Crippen LogP contribution in [0.5, 0.6) is 0 Å². The third-order valence-electron chi connectivity index (χ3n) is 2.30. The molecule has 1 unspecified atom stereocenters. The fraction of sp³-hybridized carbons (Fsp3) is 0.182. The second-order valence-corrected chi connectivity index (χ2v) is 5.56. The van der Waals surface area contributed by atoms with Crippen molar-refractivity contribution in [1.82, 2.24) is 9.97 Å². The molecular formula is C11H6BrCl2N3. The second kappa shape index (κ2) is 4.77. The van der Waals surface area contributed by atoms with Crippen LogP contribution in [0, 0.1) is 11.3 Å². The van der Waals surface area contributed by atoms with E-state index in [1.165, 1.54) is 0 Å². The molecule has 6 heteroatoms. The van der Waals surface area contributed by atoms with Crippen LogP contribution in [0.15, 0.2) is 12.3 Å². The Morgan fingerprint density at radius 1 is 1.47 bits per heavy atom. The molecule has 2 aromatic rings. The molecule has 0 radical (unpaired) electrons. The summed E-state index contributed by atoms with van der Waals surface area (Å²) in [5.41, 5.74) is 1.60. The van der Waals surface area contributed by atoms with Crippen molar-refractivity contribution in [1.29, 1.82) is 5.26 Å². The summed E-state index contributed by atoms with van der Waals surface area (Å²) in [6, 6.07) is 3.75. The molecule has 2 heterocycles. The van der Waals surface area contributed by atoms with Crippen molar-refractivity contribution in [2.24, 2.45) is 0 Å². The number of pyridine rings is 2. The molecule has 0 aliphatic rings. The lowest BCUT2D eigenvalue weighted by Gasteiger charge is -2.07. The average molecular weight is 331 g/mol. The van der Waals surface area contributed by atoms with Gasteiger partial charge in [0, 0.05) is 5.39 Å². The minimum absolute atomic E-state index is 0.101. The Bertz CT molecular complexity index is 635. The lowest BCUT2D eigenvalue weighted by molar-refractivity contribution is 1.03. The van der Waals surface area contributed by atoms with Crippen molar-refractivity contribution in [3.63, 3.8) is 0 Å². The molecular weight excluding hydrogens is 325 g/mol. The second-order valence-electron chi connectivity index (χ2n) is 3.45. The van der Waals surface area contributed by atoms with Gasteiger partial charge in [0.2, 0.25) is 0 Å². The number of fused-ring (bicyclic) bond motifs is 1. The molecule has 17 heavy (non-hydrogen) atoms. The molecule has 0 fully saturated rings. The van der Waals surface area contributed by atoms with Crippen molar-refractivity contribution in [2.75, 3.05) is 0 Å². The predicted octanol–water partition coefficient (Wildman–Crippen LogP) is 4.26. The van der Waals surface area contributed by atoms with Crippen LogP contribution in [-0.2, 0) is 0 Å². The van der Waals surface area contributed by atoms with Gasteiger partial charge < -0.3 is 0 Å². The minimum Gasteiger partial charge on any atom is -0.258 e. The van der Waals surface area contributed by atoms with E-state index >= 15 is 0 Å². The first-order valence-corrected chi connectivity index (χ1v) is 6.40. The molecule has 0 aromatic carbocycles. The van der Waals surface area contributed by atoms with Gasteiger partial charge in [-0.25, -0.2) is 4.98 Å². The van der Waals surface area contributed by atoms with E-state index in [4.69, 9.17) is 28.5 Å². The Hall–Kier alpha value is -0.890. The zero-order chi connectivity index (χ0) is 12.6. The number of nitriles is 1. The minimum atomic E-state index is 0.101. The Kier molecular flexibility index (Phi) is 3.53. The Morgan fingerprint density at radius 3 is 2.76 bits per heavy atom. The van der Waals surface area contributed by atoms with Crippen LogP contribution in [-0.4, -0.2) is 9.97 Å². The number of hydrogen-bond acceptors (Lipinski definition) is 3.